The first-order valence-electron chi connectivity index (χ1n) is 12.9. The normalized spacial score (nSPS) is 21.8. The second-order valence-electron chi connectivity index (χ2n) is 10.0. The monoisotopic (exact) mass is 492 g/mol. The average molecular weight is 493 g/mol. The molecule has 9 heteroatoms. The van der Waals surface area contributed by atoms with Crippen LogP contribution in [0.25, 0.3) is 0 Å². The quantitative estimate of drug-likeness (QED) is 0.703. The van der Waals surface area contributed by atoms with Crippen molar-refractivity contribution in [1.29, 1.82) is 0 Å². The number of aromatic nitrogens is 1. The lowest BCUT2D eigenvalue weighted by Crippen LogP contribution is -2.55. The summed E-state index contributed by atoms with van der Waals surface area (Å²) in [5, 5.41) is 3.39. The number of carbonyl (C=O) groups is 2. The summed E-state index contributed by atoms with van der Waals surface area (Å²) < 4.78 is 5.57. The van der Waals surface area contributed by atoms with Crippen LogP contribution >= 0.6 is 0 Å². The second kappa shape index (κ2) is 10.4. The summed E-state index contributed by atoms with van der Waals surface area (Å²) in [5.74, 6) is 0.816. The SMILES string of the molecule is CC1C(=O)N(C)c2cnc(Nc3cccc(C(=O)N4CCCN(C)CC4)c3)cc2N1C1CCOCC1. The van der Waals surface area contributed by atoms with Crippen molar-refractivity contribution in [3.63, 3.8) is 0 Å². The van der Waals surface area contributed by atoms with E-state index in [1.165, 1.54) is 0 Å². The van der Waals surface area contributed by atoms with E-state index in [0.717, 1.165) is 62.5 Å². The molecule has 1 aromatic carbocycles. The van der Waals surface area contributed by atoms with E-state index < -0.39 is 0 Å². The first kappa shape index (κ1) is 24.5. The number of nitrogens with zero attached hydrogens (tertiary/aromatic N) is 5. The molecule has 2 amide bonds. The van der Waals surface area contributed by atoms with Crippen LogP contribution in [0.2, 0.25) is 0 Å². The third-order valence-electron chi connectivity index (χ3n) is 7.58. The van der Waals surface area contributed by atoms with E-state index in [1.807, 2.05) is 49.2 Å². The van der Waals surface area contributed by atoms with Gasteiger partial charge in [0.05, 0.1) is 17.6 Å². The first-order chi connectivity index (χ1) is 17.4. The highest BCUT2D eigenvalue weighted by Crippen LogP contribution is 2.39. The van der Waals surface area contributed by atoms with E-state index in [9.17, 15) is 9.59 Å². The van der Waals surface area contributed by atoms with Crippen molar-refractivity contribution >= 4 is 34.7 Å². The van der Waals surface area contributed by atoms with Gasteiger partial charge >= 0.3 is 0 Å². The minimum Gasteiger partial charge on any atom is -0.381 e. The predicted molar refractivity (Wildman–Crippen MR) is 141 cm³/mol. The van der Waals surface area contributed by atoms with E-state index in [0.29, 0.717) is 24.6 Å². The molecule has 3 aliphatic heterocycles. The molecule has 5 rings (SSSR count). The van der Waals surface area contributed by atoms with Crippen LogP contribution in [-0.4, -0.2) is 92.2 Å². The van der Waals surface area contributed by atoms with Gasteiger partial charge in [-0.3, -0.25) is 9.59 Å². The fourth-order valence-electron chi connectivity index (χ4n) is 5.48. The summed E-state index contributed by atoms with van der Waals surface area (Å²) in [6.45, 7) is 6.81. The summed E-state index contributed by atoms with van der Waals surface area (Å²) in [7, 11) is 3.91. The van der Waals surface area contributed by atoms with Gasteiger partial charge in [-0.2, -0.15) is 0 Å². The van der Waals surface area contributed by atoms with E-state index in [2.05, 4.69) is 27.1 Å². The third kappa shape index (κ3) is 4.90. The number of ether oxygens (including phenoxy) is 1. The maximum atomic E-state index is 13.2. The van der Waals surface area contributed by atoms with Crippen molar-refractivity contribution in [2.24, 2.45) is 0 Å². The molecule has 192 valence electrons. The highest BCUT2D eigenvalue weighted by atomic mass is 16.5. The standard InChI is InChI=1S/C27H36N6O3/c1-19-26(34)31(3)24-18-28-25(17-23(24)33(19)22-8-14-36-15-9-22)29-21-7-4-6-20(16-21)27(35)32-11-5-10-30(2)12-13-32/h4,6-7,16-19,22H,5,8-15H2,1-3H3,(H,28,29). The second-order valence-corrected chi connectivity index (χ2v) is 10.0. The Morgan fingerprint density at radius 1 is 1.06 bits per heavy atom. The first-order valence-corrected chi connectivity index (χ1v) is 12.9. The largest absolute Gasteiger partial charge is 0.381 e. The average Bonchev–Trinajstić information content (AvgIpc) is 3.12. The number of anilines is 4. The summed E-state index contributed by atoms with van der Waals surface area (Å²) in [5.41, 5.74) is 3.29. The summed E-state index contributed by atoms with van der Waals surface area (Å²) in [4.78, 5) is 38.9. The number of rotatable bonds is 4. The van der Waals surface area contributed by atoms with Crippen LogP contribution in [-0.2, 0) is 9.53 Å². The zero-order chi connectivity index (χ0) is 25.2. The minimum absolute atomic E-state index is 0.0620. The van der Waals surface area contributed by atoms with E-state index >= 15 is 0 Å². The van der Waals surface area contributed by atoms with Crippen molar-refractivity contribution in [1.82, 2.24) is 14.8 Å². The molecule has 9 nitrogen and oxygen atoms in total. The fourth-order valence-corrected chi connectivity index (χ4v) is 5.48. The number of carbonyl (C=O) groups excluding carboxylic acids is 2. The van der Waals surface area contributed by atoms with Crippen LogP contribution in [0.4, 0.5) is 22.9 Å². The number of hydrogen-bond acceptors (Lipinski definition) is 7. The number of likely N-dealkylation sites (N-methyl/N-ethyl adjacent to an activating group) is 2. The lowest BCUT2D eigenvalue weighted by Gasteiger charge is -2.45. The third-order valence-corrected chi connectivity index (χ3v) is 7.58. The predicted octanol–water partition coefficient (Wildman–Crippen LogP) is 2.95. The molecule has 4 heterocycles. The van der Waals surface area contributed by atoms with Crippen molar-refractivity contribution in [2.75, 3.05) is 68.6 Å². The van der Waals surface area contributed by atoms with E-state index in [-0.39, 0.29) is 23.9 Å². The Kier molecular flexibility index (Phi) is 7.11. The Morgan fingerprint density at radius 2 is 1.86 bits per heavy atom. The minimum atomic E-state index is -0.255. The summed E-state index contributed by atoms with van der Waals surface area (Å²) >= 11 is 0. The number of fused-ring (bicyclic) bond motifs is 1. The maximum Gasteiger partial charge on any atom is 0.253 e. The zero-order valence-corrected chi connectivity index (χ0v) is 21.4. The zero-order valence-electron chi connectivity index (χ0n) is 21.4. The molecule has 1 unspecified atom stereocenters. The fraction of sp³-hybridized carbons (Fsp3) is 0.519. The molecule has 0 saturated carbocycles. The van der Waals surface area contributed by atoms with Gasteiger partial charge in [0.15, 0.2) is 0 Å². The van der Waals surface area contributed by atoms with Crippen LogP contribution < -0.4 is 15.1 Å². The van der Waals surface area contributed by atoms with Crippen molar-refractivity contribution in [3.05, 3.63) is 42.1 Å². The molecule has 0 aliphatic carbocycles. The number of nitrogens with one attached hydrogen (secondary N) is 1. The summed E-state index contributed by atoms with van der Waals surface area (Å²) in [6.07, 6.45) is 4.53. The van der Waals surface area contributed by atoms with Crippen LogP contribution in [0, 0.1) is 0 Å². The van der Waals surface area contributed by atoms with Gasteiger partial charge in [-0.15, -0.1) is 0 Å². The van der Waals surface area contributed by atoms with Gasteiger partial charge in [-0.05, 0) is 58.0 Å². The Bertz CT molecular complexity index is 1120. The highest BCUT2D eigenvalue weighted by Gasteiger charge is 2.38. The molecule has 3 aliphatic rings. The highest BCUT2D eigenvalue weighted by molar-refractivity contribution is 6.05. The Balaban J connectivity index is 1.39. The van der Waals surface area contributed by atoms with Crippen molar-refractivity contribution in [2.45, 2.75) is 38.3 Å². The molecule has 1 aromatic heterocycles. The topological polar surface area (TPSA) is 81.2 Å². The van der Waals surface area contributed by atoms with Gasteiger partial charge in [0.2, 0.25) is 5.91 Å². The molecular weight excluding hydrogens is 456 g/mol. The van der Waals surface area contributed by atoms with Crippen molar-refractivity contribution in [3.8, 4) is 0 Å². The van der Waals surface area contributed by atoms with E-state index in [4.69, 9.17) is 4.74 Å². The molecular formula is C27H36N6O3. The molecule has 1 atom stereocenters. The Hall–Kier alpha value is -3.17. The van der Waals surface area contributed by atoms with E-state index in [1.54, 1.807) is 11.1 Å². The summed E-state index contributed by atoms with van der Waals surface area (Å²) in [6, 6.07) is 9.63. The van der Waals surface area contributed by atoms with Crippen LogP contribution in [0.15, 0.2) is 36.5 Å². The van der Waals surface area contributed by atoms with Gasteiger partial charge in [-0.25, -0.2) is 4.98 Å². The van der Waals surface area contributed by atoms with Gasteiger partial charge in [0, 0.05) is 63.3 Å². The van der Waals surface area contributed by atoms with Gasteiger partial charge in [-0.1, -0.05) is 6.07 Å². The molecule has 0 bridgehead atoms. The van der Waals surface area contributed by atoms with Gasteiger partial charge in [0.25, 0.3) is 5.91 Å². The number of hydrogen-bond donors (Lipinski definition) is 1. The lowest BCUT2D eigenvalue weighted by molar-refractivity contribution is -0.119. The van der Waals surface area contributed by atoms with Gasteiger partial charge in [0.1, 0.15) is 11.9 Å². The molecule has 36 heavy (non-hydrogen) atoms. The molecule has 0 radical (unpaired) electrons. The molecule has 1 N–H and O–H groups in total. The van der Waals surface area contributed by atoms with Crippen molar-refractivity contribution < 1.29 is 14.3 Å². The van der Waals surface area contributed by atoms with Crippen LogP contribution in [0.1, 0.15) is 36.5 Å². The van der Waals surface area contributed by atoms with Crippen LogP contribution in [0.5, 0.6) is 0 Å². The maximum absolute atomic E-state index is 13.2. The number of pyridine rings is 1. The van der Waals surface area contributed by atoms with Crippen LogP contribution in [0.3, 0.4) is 0 Å². The molecule has 2 fully saturated rings. The Labute approximate surface area is 213 Å². The molecule has 2 saturated heterocycles. The molecule has 2 aromatic rings. The number of amides is 2. The smallest absolute Gasteiger partial charge is 0.253 e. The van der Waals surface area contributed by atoms with Gasteiger partial charge < -0.3 is 29.7 Å². The molecule has 0 spiro atoms. The lowest BCUT2D eigenvalue weighted by atomic mass is 10.00. The number of benzene rings is 1. The Morgan fingerprint density at radius 3 is 2.67 bits per heavy atom.